The Morgan fingerprint density at radius 3 is 2.92 bits per heavy atom. The number of quaternary nitrogens is 1. The van der Waals surface area contributed by atoms with Crippen LogP contribution >= 0.6 is 11.3 Å². The Morgan fingerprint density at radius 2 is 2.12 bits per heavy atom. The molecule has 3 heterocycles. The summed E-state index contributed by atoms with van der Waals surface area (Å²) in [4.78, 5) is 13.1. The lowest BCUT2D eigenvalue weighted by Gasteiger charge is -2.20. The van der Waals surface area contributed by atoms with Gasteiger partial charge in [-0.25, -0.2) is 9.97 Å². The van der Waals surface area contributed by atoms with Crippen LogP contribution in [-0.4, -0.2) is 30.6 Å². The number of fused-ring (bicyclic) bond motifs is 3. The maximum absolute atomic E-state index is 5.63. The number of hydrogen-bond donors (Lipinski definition) is 2. The minimum absolute atomic E-state index is 0.247. The Balaban J connectivity index is 1.64. The molecule has 1 aliphatic carbocycles. The smallest absolute Gasteiger partial charge is 0.163 e. The Hall–Kier alpha value is -1.92. The number of nitrogens with one attached hydrogen (secondary N) is 2. The number of hydrogen-bond acceptors (Lipinski definition) is 5. The minimum Gasteiger partial charge on any atom is -0.463 e. The van der Waals surface area contributed by atoms with Gasteiger partial charge in [-0.05, 0) is 43.4 Å². The van der Waals surface area contributed by atoms with Crippen molar-refractivity contribution in [3.8, 4) is 0 Å². The summed E-state index contributed by atoms with van der Waals surface area (Å²) < 4.78 is 5.63. The largest absolute Gasteiger partial charge is 0.463 e. The first-order chi connectivity index (χ1) is 12.2. The molecular formula is C19H25N4OS+. The van der Waals surface area contributed by atoms with Crippen molar-refractivity contribution in [2.75, 3.05) is 26.0 Å². The van der Waals surface area contributed by atoms with Crippen LogP contribution in [0.4, 0.5) is 5.82 Å². The number of furan rings is 1. The lowest BCUT2D eigenvalue weighted by Crippen LogP contribution is -3.06. The van der Waals surface area contributed by atoms with E-state index in [2.05, 4.69) is 29.4 Å². The molecule has 0 saturated carbocycles. The summed E-state index contributed by atoms with van der Waals surface area (Å²) in [5, 5.41) is 4.84. The van der Waals surface area contributed by atoms with Crippen LogP contribution < -0.4 is 10.2 Å². The van der Waals surface area contributed by atoms with Gasteiger partial charge in [0.25, 0.3) is 0 Å². The van der Waals surface area contributed by atoms with Gasteiger partial charge in [-0.15, -0.1) is 11.3 Å². The molecule has 0 spiro atoms. The first-order valence-corrected chi connectivity index (χ1v) is 9.88. The van der Waals surface area contributed by atoms with Gasteiger partial charge >= 0.3 is 0 Å². The van der Waals surface area contributed by atoms with Gasteiger partial charge in [0.05, 0.1) is 32.3 Å². The third-order valence-corrected chi connectivity index (χ3v) is 6.26. The Kier molecular flexibility index (Phi) is 4.72. The van der Waals surface area contributed by atoms with Gasteiger partial charge in [0.15, 0.2) is 11.8 Å². The van der Waals surface area contributed by atoms with Crippen LogP contribution in [0.15, 0.2) is 29.1 Å². The molecule has 0 unspecified atom stereocenters. The molecule has 5 nitrogen and oxygen atoms in total. The monoisotopic (exact) mass is 357 g/mol. The molecule has 0 aliphatic heterocycles. The third-order valence-electron chi connectivity index (χ3n) is 5.06. The van der Waals surface area contributed by atoms with Crippen LogP contribution in [-0.2, 0) is 12.8 Å². The first kappa shape index (κ1) is 16.5. The molecule has 4 rings (SSSR count). The summed E-state index contributed by atoms with van der Waals surface area (Å²) >= 11 is 1.85. The predicted molar refractivity (Wildman–Crippen MR) is 101 cm³/mol. The average Bonchev–Trinajstić information content (AvgIpc) is 3.18. The zero-order valence-corrected chi connectivity index (χ0v) is 15.7. The third kappa shape index (κ3) is 3.28. The molecule has 1 atom stereocenters. The molecule has 0 saturated heterocycles. The van der Waals surface area contributed by atoms with E-state index in [1.54, 1.807) is 12.6 Å². The fraction of sp³-hybridized carbons (Fsp3) is 0.474. The van der Waals surface area contributed by atoms with Crippen molar-refractivity contribution in [1.82, 2.24) is 9.97 Å². The standard InChI is InChI=1S/C19H24N4OS/c1-23(2)14(15-8-6-10-24-15)11-20-18-17-13-7-4-3-5-9-16(13)25-19(17)22-12-21-18/h6,8,10,12,14H,3-5,7,9,11H2,1-2H3,(H,20,21,22)/p+1/t14-/m0/s1. The second-order valence-corrected chi connectivity index (χ2v) is 8.08. The van der Waals surface area contributed by atoms with E-state index in [1.807, 2.05) is 23.5 Å². The molecule has 6 heteroatoms. The van der Waals surface area contributed by atoms with Crippen LogP contribution in [0, 0.1) is 0 Å². The highest BCUT2D eigenvalue weighted by Gasteiger charge is 2.23. The SMILES string of the molecule is C[NH+](C)[C@@H](CNc1ncnc2sc3c(c12)CCCCC3)c1ccco1. The van der Waals surface area contributed by atoms with Crippen LogP contribution in [0.25, 0.3) is 10.2 Å². The number of aryl methyl sites for hydroxylation is 2. The number of rotatable bonds is 5. The number of likely N-dealkylation sites (N-methyl/N-ethyl adjacent to an activating group) is 1. The van der Waals surface area contributed by atoms with Gasteiger partial charge in [-0.2, -0.15) is 0 Å². The van der Waals surface area contributed by atoms with E-state index >= 15 is 0 Å². The van der Waals surface area contributed by atoms with Gasteiger partial charge in [0, 0.05) is 4.88 Å². The normalized spacial score (nSPS) is 16.0. The minimum atomic E-state index is 0.247. The average molecular weight is 358 g/mol. The van der Waals surface area contributed by atoms with Gasteiger partial charge in [-0.3, -0.25) is 0 Å². The zero-order chi connectivity index (χ0) is 17.2. The molecule has 3 aromatic heterocycles. The maximum atomic E-state index is 5.63. The summed E-state index contributed by atoms with van der Waals surface area (Å²) in [6, 6.07) is 4.25. The lowest BCUT2D eigenvalue weighted by atomic mass is 10.1. The van der Waals surface area contributed by atoms with E-state index < -0.39 is 0 Å². The van der Waals surface area contributed by atoms with Crippen LogP contribution in [0.5, 0.6) is 0 Å². The highest BCUT2D eigenvalue weighted by Crippen LogP contribution is 2.37. The Labute approximate surface area is 152 Å². The zero-order valence-electron chi connectivity index (χ0n) is 14.8. The van der Waals surface area contributed by atoms with E-state index in [-0.39, 0.29) is 6.04 Å². The Morgan fingerprint density at radius 1 is 1.24 bits per heavy atom. The van der Waals surface area contributed by atoms with Crippen molar-refractivity contribution in [1.29, 1.82) is 0 Å². The molecule has 132 valence electrons. The summed E-state index contributed by atoms with van der Waals surface area (Å²) in [6.45, 7) is 0.784. The van der Waals surface area contributed by atoms with E-state index in [9.17, 15) is 0 Å². The van der Waals surface area contributed by atoms with Gasteiger partial charge in [0.1, 0.15) is 17.0 Å². The quantitative estimate of drug-likeness (QED) is 0.690. The lowest BCUT2D eigenvalue weighted by molar-refractivity contribution is -0.891. The van der Waals surface area contributed by atoms with Gasteiger partial charge in [0.2, 0.25) is 0 Å². The number of nitrogens with zero attached hydrogens (tertiary/aromatic N) is 2. The summed E-state index contributed by atoms with van der Waals surface area (Å²) in [5.74, 6) is 1.98. The summed E-state index contributed by atoms with van der Waals surface area (Å²) in [5.41, 5.74) is 1.48. The topological polar surface area (TPSA) is 55.4 Å². The summed E-state index contributed by atoms with van der Waals surface area (Å²) in [7, 11) is 4.31. The Bertz CT molecular complexity index is 841. The highest BCUT2D eigenvalue weighted by molar-refractivity contribution is 7.18. The summed E-state index contributed by atoms with van der Waals surface area (Å²) in [6.07, 6.45) is 9.65. The molecule has 25 heavy (non-hydrogen) atoms. The maximum Gasteiger partial charge on any atom is 0.163 e. The number of anilines is 1. The molecule has 0 amide bonds. The van der Waals surface area contributed by atoms with Crippen molar-refractivity contribution < 1.29 is 9.32 Å². The van der Waals surface area contributed by atoms with Crippen molar-refractivity contribution in [2.24, 2.45) is 0 Å². The van der Waals surface area contributed by atoms with Crippen molar-refractivity contribution in [2.45, 2.75) is 38.1 Å². The second kappa shape index (κ2) is 7.14. The molecule has 2 N–H and O–H groups in total. The first-order valence-electron chi connectivity index (χ1n) is 9.06. The fourth-order valence-electron chi connectivity index (χ4n) is 3.68. The van der Waals surface area contributed by atoms with Crippen LogP contribution in [0.2, 0.25) is 0 Å². The molecule has 0 radical (unpaired) electrons. The number of thiophene rings is 1. The van der Waals surface area contributed by atoms with Crippen molar-refractivity contribution in [3.05, 3.63) is 40.9 Å². The van der Waals surface area contributed by atoms with Crippen molar-refractivity contribution in [3.63, 3.8) is 0 Å². The second-order valence-electron chi connectivity index (χ2n) is 6.99. The molecule has 0 fully saturated rings. The van der Waals surface area contributed by atoms with Crippen LogP contribution in [0.1, 0.15) is 41.5 Å². The van der Waals surface area contributed by atoms with E-state index in [0.29, 0.717) is 0 Å². The van der Waals surface area contributed by atoms with E-state index in [4.69, 9.17) is 4.42 Å². The predicted octanol–water partition coefficient (Wildman–Crippen LogP) is 2.85. The molecule has 1 aliphatic rings. The molecule has 3 aromatic rings. The highest BCUT2D eigenvalue weighted by atomic mass is 32.1. The molecular weight excluding hydrogens is 332 g/mol. The van der Waals surface area contributed by atoms with Gasteiger partial charge in [-0.1, -0.05) is 6.42 Å². The molecule has 0 aromatic carbocycles. The van der Waals surface area contributed by atoms with Crippen LogP contribution in [0.3, 0.4) is 0 Å². The van der Waals surface area contributed by atoms with E-state index in [0.717, 1.165) is 29.4 Å². The van der Waals surface area contributed by atoms with E-state index in [1.165, 1.54) is 46.4 Å². The molecule has 0 bridgehead atoms. The fourth-order valence-corrected chi connectivity index (χ4v) is 4.91. The van der Waals surface area contributed by atoms with Gasteiger partial charge < -0.3 is 14.6 Å². The number of aromatic nitrogens is 2. The van der Waals surface area contributed by atoms with Crippen molar-refractivity contribution >= 4 is 27.4 Å².